The number of benzene rings is 2. The van der Waals surface area contributed by atoms with Crippen molar-refractivity contribution in [3.8, 4) is 17.6 Å². The van der Waals surface area contributed by atoms with Crippen molar-refractivity contribution in [2.75, 3.05) is 0 Å². The summed E-state index contributed by atoms with van der Waals surface area (Å²) in [5.41, 5.74) is 1.73. The Morgan fingerprint density at radius 1 is 1.00 bits per heavy atom. The van der Waals surface area contributed by atoms with Gasteiger partial charge in [-0.3, -0.25) is 0 Å². The SMILES string of the molecule is Cc1ccc(Oc2ccccc2C#N)cc1. The predicted octanol–water partition coefficient (Wildman–Crippen LogP) is 3.66. The van der Waals surface area contributed by atoms with Crippen LogP contribution in [0.3, 0.4) is 0 Å². The summed E-state index contributed by atoms with van der Waals surface area (Å²) in [5.74, 6) is 1.34. The zero-order chi connectivity index (χ0) is 11.4. The lowest BCUT2D eigenvalue weighted by Crippen LogP contribution is -1.87. The molecule has 2 heteroatoms. The highest BCUT2D eigenvalue weighted by molar-refractivity contribution is 5.45. The van der Waals surface area contributed by atoms with Gasteiger partial charge < -0.3 is 4.74 Å². The van der Waals surface area contributed by atoms with Gasteiger partial charge in [-0.15, -0.1) is 0 Å². The Morgan fingerprint density at radius 2 is 1.69 bits per heavy atom. The van der Waals surface area contributed by atoms with Crippen LogP contribution < -0.4 is 4.74 Å². The van der Waals surface area contributed by atoms with Crippen LogP contribution in [0.15, 0.2) is 48.5 Å². The molecule has 2 nitrogen and oxygen atoms in total. The van der Waals surface area contributed by atoms with Crippen LogP contribution in [0.1, 0.15) is 11.1 Å². The lowest BCUT2D eigenvalue weighted by Gasteiger charge is -2.06. The molecule has 0 fully saturated rings. The molecule has 0 spiro atoms. The number of rotatable bonds is 2. The Kier molecular flexibility index (Phi) is 2.88. The fourth-order valence-electron chi connectivity index (χ4n) is 1.38. The first-order valence-corrected chi connectivity index (χ1v) is 5.03. The van der Waals surface area contributed by atoms with Gasteiger partial charge in [0.15, 0.2) is 0 Å². The molecule has 0 N–H and O–H groups in total. The molecule has 2 rings (SSSR count). The van der Waals surface area contributed by atoms with E-state index in [0.717, 1.165) is 5.75 Å². The standard InChI is InChI=1S/C14H11NO/c1-11-6-8-13(9-7-11)16-14-5-3-2-4-12(14)10-15/h2-9H,1H3. The van der Waals surface area contributed by atoms with E-state index in [2.05, 4.69) is 6.07 Å². The number of para-hydroxylation sites is 1. The average molecular weight is 209 g/mol. The van der Waals surface area contributed by atoms with E-state index < -0.39 is 0 Å². The summed E-state index contributed by atoms with van der Waals surface area (Å²) in [6.45, 7) is 2.02. The van der Waals surface area contributed by atoms with Crippen LogP contribution >= 0.6 is 0 Å². The summed E-state index contributed by atoms with van der Waals surface area (Å²) >= 11 is 0. The quantitative estimate of drug-likeness (QED) is 0.756. The smallest absolute Gasteiger partial charge is 0.145 e. The number of nitrogens with zero attached hydrogens (tertiary/aromatic N) is 1. The van der Waals surface area contributed by atoms with Gasteiger partial charge in [-0.05, 0) is 31.2 Å². The van der Waals surface area contributed by atoms with Crippen molar-refractivity contribution in [3.63, 3.8) is 0 Å². The molecule has 0 saturated carbocycles. The monoisotopic (exact) mass is 209 g/mol. The van der Waals surface area contributed by atoms with Gasteiger partial charge in [0.1, 0.15) is 17.6 Å². The van der Waals surface area contributed by atoms with Crippen LogP contribution in [0, 0.1) is 18.3 Å². The van der Waals surface area contributed by atoms with E-state index in [9.17, 15) is 0 Å². The van der Waals surface area contributed by atoms with E-state index in [0.29, 0.717) is 11.3 Å². The Morgan fingerprint density at radius 3 is 2.38 bits per heavy atom. The van der Waals surface area contributed by atoms with Crippen molar-refractivity contribution < 1.29 is 4.74 Å². The molecule has 0 aliphatic heterocycles. The van der Waals surface area contributed by atoms with Crippen LogP contribution in [0.25, 0.3) is 0 Å². The van der Waals surface area contributed by atoms with E-state index >= 15 is 0 Å². The third kappa shape index (κ3) is 2.21. The largest absolute Gasteiger partial charge is 0.456 e. The first-order valence-electron chi connectivity index (χ1n) is 5.03. The number of hydrogen-bond acceptors (Lipinski definition) is 2. The average Bonchev–Trinajstić information content (AvgIpc) is 2.33. The minimum Gasteiger partial charge on any atom is -0.456 e. The van der Waals surface area contributed by atoms with Crippen LogP contribution in [-0.4, -0.2) is 0 Å². The summed E-state index contributed by atoms with van der Waals surface area (Å²) in [5, 5.41) is 8.91. The lowest BCUT2D eigenvalue weighted by molar-refractivity contribution is 0.481. The molecular formula is C14H11NO. The highest BCUT2D eigenvalue weighted by Crippen LogP contribution is 2.24. The molecule has 0 aliphatic carbocycles. The van der Waals surface area contributed by atoms with Crippen LogP contribution in [0.5, 0.6) is 11.5 Å². The number of ether oxygens (including phenoxy) is 1. The minimum absolute atomic E-state index is 0.545. The molecule has 16 heavy (non-hydrogen) atoms. The molecule has 0 bridgehead atoms. The second kappa shape index (κ2) is 4.50. The van der Waals surface area contributed by atoms with Gasteiger partial charge in [0, 0.05) is 0 Å². The first kappa shape index (κ1) is 10.3. The second-order valence-electron chi connectivity index (χ2n) is 3.52. The molecule has 0 aliphatic rings. The van der Waals surface area contributed by atoms with Gasteiger partial charge in [-0.2, -0.15) is 5.26 Å². The Labute approximate surface area is 94.7 Å². The summed E-state index contributed by atoms with van der Waals surface area (Å²) < 4.78 is 5.63. The molecule has 0 unspecified atom stereocenters. The normalized spacial score (nSPS) is 9.50. The van der Waals surface area contributed by atoms with Gasteiger partial charge in [-0.1, -0.05) is 29.8 Å². The van der Waals surface area contributed by atoms with Gasteiger partial charge in [-0.25, -0.2) is 0 Å². The zero-order valence-corrected chi connectivity index (χ0v) is 8.97. The van der Waals surface area contributed by atoms with Crippen LogP contribution in [0.4, 0.5) is 0 Å². The molecule has 78 valence electrons. The number of nitriles is 1. The molecule has 0 saturated heterocycles. The molecule has 2 aromatic rings. The number of aryl methyl sites for hydroxylation is 1. The minimum atomic E-state index is 0.545. The van der Waals surface area contributed by atoms with Crippen molar-refractivity contribution in [2.45, 2.75) is 6.92 Å². The predicted molar refractivity (Wildman–Crippen MR) is 62.4 cm³/mol. The maximum atomic E-state index is 8.91. The van der Waals surface area contributed by atoms with Crippen molar-refractivity contribution in [2.24, 2.45) is 0 Å². The van der Waals surface area contributed by atoms with Crippen molar-refractivity contribution in [1.29, 1.82) is 5.26 Å². The Hall–Kier alpha value is -2.27. The van der Waals surface area contributed by atoms with Crippen LogP contribution in [-0.2, 0) is 0 Å². The van der Waals surface area contributed by atoms with E-state index in [1.54, 1.807) is 12.1 Å². The Balaban J connectivity index is 2.27. The van der Waals surface area contributed by atoms with E-state index in [1.807, 2.05) is 43.3 Å². The molecule has 0 aromatic heterocycles. The van der Waals surface area contributed by atoms with Crippen molar-refractivity contribution >= 4 is 0 Å². The van der Waals surface area contributed by atoms with Crippen LogP contribution in [0.2, 0.25) is 0 Å². The fraction of sp³-hybridized carbons (Fsp3) is 0.0714. The highest BCUT2D eigenvalue weighted by Gasteiger charge is 2.02. The topological polar surface area (TPSA) is 33.0 Å². The zero-order valence-electron chi connectivity index (χ0n) is 8.97. The lowest BCUT2D eigenvalue weighted by atomic mass is 10.2. The Bertz CT molecular complexity index is 523. The van der Waals surface area contributed by atoms with Gasteiger partial charge in [0.05, 0.1) is 5.56 Å². The molecule has 2 aromatic carbocycles. The highest BCUT2D eigenvalue weighted by atomic mass is 16.5. The van der Waals surface area contributed by atoms with Gasteiger partial charge in [0.25, 0.3) is 0 Å². The van der Waals surface area contributed by atoms with E-state index in [1.165, 1.54) is 5.56 Å². The summed E-state index contributed by atoms with van der Waals surface area (Å²) in [4.78, 5) is 0. The van der Waals surface area contributed by atoms with E-state index in [4.69, 9.17) is 10.00 Å². The fourth-order valence-corrected chi connectivity index (χ4v) is 1.38. The third-order valence-electron chi connectivity index (χ3n) is 2.26. The van der Waals surface area contributed by atoms with Crippen molar-refractivity contribution in [3.05, 3.63) is 59.7 Å². The summed E-state index contributed by atoms with van der Waals surface area (Å²) in [6.07, 6.45) is 0. The molecule has 0 radical (unpaired) electrons. The number of hydrogen-bond donors (Lipinski definition) is 0. The second-order valence-corrected chi connectivity index (χ2v) is 3.52. The molecular weight excluding hydrogens is 198 g/mol. The molecule has 0 heterocycles. The molecule has 0 amide bonds. The first-order chi connectivity index (χ1) is 7.79. The van der Waals surface area contributed by atoms with Crippen molar-refractivity contribution in [1.82, 2.24) is 0 Å². The van der Waals surface area contributed by atoms with Gasteiger partial charge in [0.2, 0.25) is 0 Å². The maximum absolute atomic E-state index is 8.91. The molecule has 0 atom stereocenters. The maximum Gasteiger partial charge on any atom is 0.145 e. The van der Waals surface area contributed by atoms with E-state index in [-0.39, 0.29) is 0 Å². The third-order valence-corrected chi connectivity index (χ3v) is 2.26. The van der Waals surface area contributed by atoms with Gasteiger partial charge >= 0.3 is 0 Å². The summed E-state index contributed by atoms with van der Waals surface area (Å²) in [6, 6.07) is 17.0. The summed E-state index contributed by atoms with van der Waals surface area (Å²) in [7, 11) is 0.